The second-order valence-electron chi connectivity index (χ2n) is 3.76. The first kappa shape index (κ1) is 9.59. The maximum absolute atomic E-state index is 13.0. The number of hydrogen-bond donors (Lipinski definition) is 1. The van der Waals surface area contributed by atoms with Gasteiger partial charge in [0, 0.05) is 5.56 Å². The lowest BCUT2D eigenvalue weighted by atomic mass is 10.0. The molecule has 0 amide bonds. The van der Waals surface area contributed by atoms with Crippen molar-refractivity contribution in [2.24, 2.45) is 0 Å². The molecule has 0 radical (unpaired) electrons. The summed E-state index contributed by atoms with van der Waals surface area (Å²) in [6, 6.07) is 6.28. The summed E-state index contributed by atoms with van der Waals surface area (Å²) in [6.07, 6.45) is 2.32. The molecule has 1 aliphatic carbocycles. The maximum Gasteiger partial charge on any atom is 0.295 e. The Hall–Kier alpha value is -0.960. The summed E-state index contributed by atoms with van der Waals surface area (Å²) < 4.78 is 26.0. The summed E-state index contributed by atoms with van der Waals surface area (Å²) >= 11 is 0. The van der Waals surface area contributed by atoms with Gasteiger partial charge in [0.05, 0.1) is 0 Å². The molecule has 0 atom stereocenters. The highest BCUT2D eigenvalue weighted by molar-refractivity contribution is 5.30. The molecule has 1 nitrogen and oxygen atoms in total. The normalized spacial score (nSPS) is 17.1. The number of benzene rings is 1. The molecule has 0 aromatic heterocycles. The van der Waals surface area contributed by atoms with Gasteiger partial charge in [-0.05, 0) is 24.3 Å². The smallest absolute Gasteiger partial charge is 0.295 e. The molecule has 2 rings (SSSR count). The van der Waals surface area contributed by atoms with Crippen molar-refractivity contribution < 1.29 is 13.9 Å². The van der Waals surface area contributed by atoms with E-state index in [1.807, 2.05) is 0 Å². The van der Waals surface area contributed by atoms with Crippen LogP contribution in [0.4, 0.5) is 8.78 Å². The van der Waals surface area contributed by atoms with Crippen LogP contribution in [-0.4, -0.2) is 11.7 Å². The van der Waals surface area contributed by atoms with Gasteiger partial charge in [0.2, 0.25) is 0 Å². The fourth-order valence-electron chi connectivity index (χ4n) is 1.51. The Morgan fingerprint density at radius 3 is 2.21 bits per heavy atom. The highest BCUT2D eigenvalue weighted by Gasteiger charge is 2.31. The molecule has 0 unspecified atom stereocenters. The van der Waals surface area contributed by atoms with Crippen LogP contribution in [-0.2, 0) is 5.92 Å². The molecule has 0 spiro atoms. The molecule has 3 heteroatoms. The lowest BCUT2D eigenvalue weighted by Gasteiger charge is -2.13. The molecule has 1 aromatic carbocycles. The maximum atomic E-state index is 13.0. The van der Waals surface area contributed by atoms with Crippen LogP contribution >= 0.6 is 0 Å². The largest absolute Gasteiger partial charge is 0.390 e. The molecule has 0 aliphatic heterocycles. The SMILES string of the molecule is OCC(F)(F)c1ccc(C2CC2)cc1. The standard InChI is InChI=1S/C11H12F2O/c12-11(13,7-14)10-5-3-9(4-6-10)8-1-2-8/h3-6,8,14H,1-2,7H2. The monoisotopic (exact) mass is 198 g/mol. The van der Waals surface area contributed by atoms with Gasteiger partial charge in [-0.15, -0.1) is 0 Å². The van der Waals surface area contributed by atoms with Crippen LogP contribution in [0.15, 0.2) is 24.3 Å². The lowest BCUT2D eigenvalue weighted by Crippen LogP contribution is -2.18. The third kappa shape index (κ3) is 1.77. The van der Waals surface area contributed by atoms with Gasteiger partial charge in [0.1, 0.15) is 6.61 Å². The van der Waals surface area contributed by atoms with Crippen LogP contribution in [0, 0.1) is 0 Å². The highest BCUT2D eigenvalue weighted by Crippen LogP contribution is 2.40. The van der Waals surface area contributed by atoms with E-state index in [-0.39, 0.29) is 5.56 Å². The fraction of sp³-hybridized carbons (Fsp3) is 0.455. The average molecular weight is 198 g/mol. The van der Waals surface area contributed by atoms with E-state index in [0.717, 1.165) is 18.4 Å². The molecule has 1 saturated carbocycles. The average Bonchev–Trinajstić information content (AvgIpc) is 3.01. The zero-order chi connectivity index (χ0) is 10.2. The van der Waals surface area contributed by atoms with E-state index in [0.29, 0.717) is 5.92 Å². The van der Waals surface area contributed by atoms with Crippen LogP contribution in [0.1, 0.15) is 29.9 Å². The van der Waals surface area contributed by atoms with E-state index in [4.69, 9.17) is 5.11 Å². The Labute approximate surface area is 81.4 Å². The number of alkyl halides is 2. The van der Waals surface area contributed by atoms with Crippen LogP contribution in [0.5, 0.6) is 0 Å². The Kier molecular flexibility index (Phi) is 2.27. The van der Waals surface area contributed by atoms with Crippen LogP contribution < -0.4 is 0 Å². The van der Waals surface area contributed by atoms with Crippen molar-refractivity contribution in [3.63, 3.8) is 0 Å². The van der Waals surface area contributed by atoms with Gasteiger partial charge in [-0.2, -0.15) is 8.78 Å². The number of hydrogen-bond acceptors (Lipinski definition) is 1. The molecule has 76 valence electrons. The number of aliphatic hydroxyl groups excluding tert-OH is 1. The van der Waals surface area contributed by atoms with Crippen molar-refractivity contribution in [3.05, 3.63) is 35.4 Å². The van der Waals surface area contributed by atoms with E-state index in [9.17, 15) is 8.78 Å². The minimum Gasteiger partial charge on any atom is -0.390 e. The Morgan fingerprint density at radius 2 is 1.79 bits per heavy atom. The van der Waals surface area contributed by atoms with Gasteiger partial charge >= 0.3 is 0 Å². The molecular weight excluding hydrogens is 186 g/mol. The van der Waals surface area contributed by atoms with Gasteiger partial charge in [-0.1, -0.05) is 24.3 Å². The van der Waals surface area contributed by atoms with Crippen LogP contribution in [0.25, 0.3) is 0 Å². The van der Waals surface area contributed by atoms with Gasteiger partial charge in [0.25, 0.3) is 5.92 Å². The molecule has 0 bridgehead atoms. The van der Waals surface area contributed by atoms with Crippen molar-refractivity contribution in [2.75, 3.05) is 6.61 Å². The Morgan fingerprint density at radius 1 is 1.21 bits per heavy atom. The molecule has 1 aliphatic rings. The minimum absolute atomic E-state index is 0.107. The first-order valence-electron chi connectivity index (χ1n) is 4.72. The zero-order valence-corrected chi connectivity index (χ0v) is 7.71. The van der Waals surface area contributed by atoms with Gasteiger partial charge < -0.3 is 5.11 Å². The second-order valence-corrected chi connectivity index (χ2v) is 3.76. The fourth-order valence-corrected chi connectivity index (χ4v) is 1.51. The first-order chi connectivity index (χ1) is 6.63. The Bertz CT molecular complexity index is 315. The van der Waals surface area contributed by atoms with Crippen molar-refractivity contribution in [1.82, 2.24) is 0 Å². The molecule has 1 fully saturated rings. The van der Waals surface area contributed by atoms with E-state index in [1.165, 1.54) is 12.1 Å². The van der Waals surface area contributed by atoms with E-state index >= 15 is 0 Å². The zero-order valence-electron chi connectivity index (χ0n) is 7.71. The predicted molar refractivity (Wildman–Crippen MR) is 49.4 cm³/mol. The van der Waals surface area contributed by atoms with Crippen molar-refractivity contribution in [2.45, 2.75) is 24.7 Å². The van der Waals surface area contributed by atoms with Crippen LogP contribution in [0.2, 0.25) is 0 Å². The summed E-state index contributed by atoms with van der Waals surface area (Å²) in [5.74, 6) is -2.53. The molecule has 0 saturated heterocycles. The van der Waals surface area contributed by atoms with Gasteiger partial charge in [-0.25, -0.2) is 0 Å². The van der Waals surface area contributed by atoms with Gasteiger partial charge in [-0.3, -0.25) is 0 Å². The van der Waals surface area contributed by atoms with E-state index in [2.05, 4.69) is 0 Å². The van der Waals surface area contributed by atoms with Crippen molar-refractivity contribution >= 4 is 0 Å². The predicted octanol–water partition coefficient (Wildman–Crippen LogP) is 2.65. The molecular formula is C11H12F2O. The number of rotatable bonds is 3. The third-order valence-corrected chi connectivity index (χ3v) is 2.58. The first-order valence-corrected chi connectivity index (χ1v) is 4.72. The summed E-state index contributed by atoms with van der Waals surface area (Å²) in [4.78, 5) is 0. The van der Waals surface area contributed by atoms with Crippen molar-refractivity contribution in [3.8, 4) is 0 Å². The van der Waals surface area contributed by atoms with E-state index < -0.39 is 12.5 Å². The number of halogens is 2. The topological polar surface area (TPSA) is 20.2 Å². The quantitative estimate of drug-likeness (QED) is 0.791. The third-order valence-electron chi connectivity index (χ3n) is 2.58. The second kappa shape index (κ2) is 3.31. The summed E-state index contributed by atoms with van der Waals surface area (Å²) in [6.45, 7) is -1.13. The molecule has 1 N–H and O–H groups in total. The van der Waals surface area contributed by atoms with Gasteiger partial charge in [0.15, 0.2) is 0 Å². The van der Waals surface area contributed by atoms with E-state index in [1.54, 1.807) is 12.1 Å². The molecule has 0 heterocycles. The highest BCUT2D eigenvalue weighted by atomic mass is 19.3. The summed E-state index contributed by atoms with van der Waals surface area (Å²) in [5, 5.41) is 8.49. The lowest BCUT2D eigenvalue weighted by molar-refractivity contribution is -0.0556. The number of aliphatic hydroxyl groups is 1. The molecule has 1 aromatic rings. The summed E-state index contributed by atoms with van der Waals surface area (Å²) in [7, 11) is 0. The Balaban J connectivity index is 2.20. The summed E-state index contributed by atoms with van der Waals surface area (Å²) in [5.41, 5.74) is 1.02. The minimum atomic E-state index is -3.11. The molecule has 14 heavy (non-hydrogen) atoms. The van der Waals surface area contributed by atoms with Crippen LogP contribution in [0.3, 0.4) is 0 Å². The van der Waals surface area contributed by atoms with Crippen molar-refractivity contribution in [1.29, 1.82) is 0 Å².